The van der Waals surface area contributed by atoms with Crippen molar-refractivity contribution in [3.05, 3.63) is 11.6 Å². The number of hydrogen-bond acceptors (Lipinski definition) is 2. The van der Waals surface area contributed by atoms with Crippen LogP contribution in [0.25, 0.3) is 0 Å². The molecule has 0 aliphatic heterocycles. The molecule has 0 aliphatic rings. The Bertz CT molecular complexity index is 258. The number of carbonyl (C=O) groups excluding carboxylic acids is 2. The molecule has 0 aliphatic carbocycles. The third-order valence-corrected chi connectivity index (χ3v) is 3.12. The molecule has 0 radical (unpaired) electrons. The highest BCUT2D eigenvalue weighted by Gasteiger charge is 2.32. The van der Waals surface area contributed by atoms with Crippen molar-refractivity contribution in [3.8, 4) is 0 Å². The highest BCUT2D eigenvalue weighted by atomic mass is 16.1. The maximum absolute atomic E-state index is 11.5. The summed E-state index contributed by atoms with van der Waals surface area (Å²) in [5.74, 6) is 0.263. The van der Waals surface area contributed by atoms with Gasteiger partial charge in [0.05, 0.1) is 0 Å². The number of ketones is 1. The Balaban J connectivity index is 4.72. The summed E-state index contributed by atoms with van der Waals surface area (Å²) in [7, 11) is 0. The second-order valence-electron chi connectivity index (χ2n) is 4.89. The molecule has 15 heavy (non-hydrogen) atoms. The minimum atomic E-state index is -0.410. The lowest BCUT2D eigenvalue weighted by Gasteiger charge is -2.30. The molecule has 0 bridgehead atoms. The smallest absolute Gasteiger partial charge is 0.135 e. The standard InChI is InChI=1S/C13H22O2/c1-10(2)6-7-12(8-9-14)13(4,5)11(3)15/h6,9,12H,7-8H2,1-5H3/t12-/m1/s1. The average molecular weight is 210 g/mol. The normalized spacial score (nSPS) is 13.1. The van der Waals surface area contributed by atoms with Crippen LogP contribution in [0, 0.1) is 11.3 Å². The van der Waals surface area contributed by atoms with Crippen molar-refractivity contribution in [1.29, 1.82) is 0 Å². The van der Waals surface area contributed by atoms with Crippen molar-refractivity contribution in [3.63, 3.8) is 0 Å². The van der Waals surface area contributed by atoms with Crippen LogP contribution in [0.2, 0.25) is 0 Å². The molecule has 0 fully saturated rings. The fourth-order valence-corrected chi connectivity index (χ4v) is 1.47. The van der Waals surface area contributed by atoms with Crippen molar-refractivity contribution in [2.45, 2.75) is 47.5 Å². The molecule has 0 saturated carbocycles. The summed E-state index contributed by atoms with van der Waals surface area (Å²) in [6, 6.07) is 0. The number of hydrogen-bond donors (Lipinski definition) is 0. The van der Waals surface area contributed by atoms with Gasteiger partial charge in [-0.3, -0.25) is 4.79 Å². The first-order chi connectivity index (χ1) is 6.82. The van der Waals surface area contributed by atoms with E-state index in [0.717, 1.165) is 12.7 Å². The fourth-order valence-electron chi connectivity index (χ4n) is 1.47. The molecule has 0 spiro atoms. The zero-order valence-electron chi connectivity index (χ0n) is 10.5. The summed E-state index contributed by atoms with van der Waals surface area (Å²) in [6.07, 6.45) is 4.26. The van der Waals surface area contributed by atoms with Gasteiger partial charge >= 0.3 is 0 Å². The van der Waals surface area contributed by atoms with E-state index in [-0.39, 0.29) is 11.7 Å². The van der Waals surface area contributed by atoms with Crippen molar-refractivity contribution in [1.82, 2.24) is 0 Å². The number of allylic oxidation sites excluding steroid dienone is 2. The fraction of sp³-hybridized carbons (Fsp3) is 0.692. The maximum atomic E-state index is 11.5. The molecule has 0 heterocycles. The Kier molecular flexibility index (Phi) is 5.48. The average Bonchev–Trinajstić information content (AvgIpc) is 2.11. The Labute approximate surface area is 92.8 Å². The SMILES string of the molecule is CC(=O)C(C)(C)[C@@H](CC=O)CC=C(C)C. The highest BCUT2D eigenvalue weighted by molar-refractivity contribution is 5.82. The van der Waals surface area contributed by atoms with E-state index in [1.54, 1.807) is 6.92 Å². The summed E-state index contributed by atoms with van der Waals surface area (Å²) in [6.45, 7) is 9.49. The van der Waals surface area contributed by atoms with Gasteiger partial charge in [-0.05, 0) is 33.1 Å². The van der Waals surface area contributed by atoms with Crippen LogP contribution in [0.4, 0.5) is 0 Å². The molecule has 2 heteroatoms. The van der Waals surface area contributed by atoms with E-state index in [2.05, 4.69) is 6.08 Å². The number of carbonyl (C=O) groups is 2. The van der Waals surface area contributed by atoms with Gasteiger partial charge in [-0.25, -0.2) is 0 Å². The minimum Gasteiger partial charge on any atom is -0.303 e. The largest absolute Gasteiger partial charge is 0.303 e. The molecule has 0 aromatic heterocycles. The van der Waals surface area contributed by atoms with E-state index in [1.165, 1.54) is 5.57 Å². The van der Waals surface area contributed by atoms with E-state index >= 15 is 0 Å². The van der Waals surface area contributed by atoms with Crippen LogP contribution in [-0.2, 0) is 9.59 Å². The molecular weight excluding hydrogens is 188 g/mol. The van der Waals surface area contributed by atoms with Gasteiger partial charge in [-0.1, -0.05) is 25.5 Å². The molecule has 0 aromatic carbocycles. The molecule has 0 unspecified atom stereocenters. The van der Waals surface area contributed by atoms with Crippen LogP contribution in [0.5, 0.6) is 0 Å². The van der Waals surface area contributed by atoms with Crippen LogP contribution in [0.3, 0.4) is 0 Å². The predicted octanol–water partition coefficient (Wildman–Crippen LogP) is 3.16. The van der Waals surface area contributed by atoms with Crippen molar-refractivity contribution < 1.29 is 9.59 Å². The van der Waals surface area contributed by atoms with E-state index < -0.39 is 5.41 Å². The zero-order chi connectivity index (χ0) is 12.1. The molecule has 86 valence electrons. The maximum Gasteiger partial charge on any atom is 0.135 e. The Morgan fingerprint density at radius 2 is 1.73 bits per heavy atom. The summed E-state index contributed by atoms with van der Waals surface area (Å²) < 4.78 is 0. The van der Waals surface area contributed by atoms with Crippen LogP contribution in [0.1, 0.15) is 47.5 Å². The monoisotopic (exact) mass is 210 g/mol. The summed E-state index contributed by atoms with van der Waals surface area (Å²) >= 11 is 0. The second kappa shape index (κ2) is 5.84. The van der Waals surface area contributed by atoms with E-state index in [0.29, 0.717) is 6.42 Å². The molecule has 0 amide bonds. The van der Waals surface area contributed by atoms with E-state index in [4.69, 9.17) is 0 Å². The first-order valence-electron chi connectivity index (χ1n) is 5.40. The van der Waals surface area contributed by atoms with Crippen LogP contribution >= 0.6 is 0 Å². The molecule has 0 rings (SSSR count). The number of Topliss-reactive ketones (excluding diaryl/α,β-unsaturated/α-hetero) is 1. The van der Waals surface area contributed by atoms with E-state index in [9.17, 15) is 9.59 Å². The summed E-state index contributed by atoms with van der Waals surface area (Å²) in [5.41, 5.74) is 0.817. The van der Waals surface area contributed by atoms with Crippen molar-refractivity contribution in [2.24, 2.45) is 11.3 Å². The quantitative estimate of drug-likeness (QED) is 0.498. The van der Waals surface area contributed by atoms with Crippen molar-refractivity contribution >= 4 is 12.1 Å². The molecule has 0 saturated heterocycles. The third-order valence-electron chi connectivity index (χ3n) is 3.12. The lowest BCUT2D eigenvalue weighted by Crippen LogP contribution is -2.31. The first-order valence-corrected chi connectivity index (χ1v) is 5.40. The van der Waals surface area contributed by atoms with Crippen LogP contribution < -0.4 is 0 Å². The second-order valence-corrected chi connectivity index (χ2v) is 4.89. The van der Waals surface area contributed by atoms with Gasteiger partial charge in [-0.15, -0.1) is 0 Å². The van der Waals surface area contributed by atoms with Crippen LogP contribution in [-0.4, -0.2) is 12.1 Å². The van der Waals surface area contributed by atoms with Gasteiger partial charge in [0, 0.05) is 11.8 Å². The topological polar surface area (TPSA) is 34.1 Å². The number of aldehydes is 1. The van der Waals surface area contributed by atoms with Gasteiger partial charge in [-0.2, -0.15) is 0 Å². The number of rotatable bonds is 6. The van der Waals surface area contributed by atoms with Gasteiger partial charge in [0.2, 0.25) is 0 Å². The molecular formula is C13H22O2. The summed E-state index contributed by atoms with van der Waals surface area (Å²) in [5, 5.41) is 0. The first kappa shape index (κ1) is 14.1. The lowest BCUT2D eigenvalue weighted by molar-refractivity contribution is -0.128. The van der Waals surface area contributed by atoms with Gasteiger partial charge in [0.15, 0.2) is 0 Å². The van der Waals surface area contributed by atoms with Crippen LogP contribution in [0.15, 0.2) is 11.6 Å². The predicted molar refractivity (Wildman–Crippen MR) is 62.7 cm³/mol. The van der Waals surface area contributed by atoms with E-state index in [1.807, 2.05) is 27.7 Å². The Hall–Kier alpha value is -0.920. The Morgan fingerprint density at radius 3 is 2.07 bits per heavy atom. The molecule has 0 N–H and O–H groups in total. The highest BCUT2D eigenvalue weighted by Crippen LogP contribution is 2.33. The molecule has 0 aromatic rings. The Morgan fingerprint density at radius 1 is 1.20 bits per heavy atom. The van der Waals surface area contributed by atoms with Gasteiger partial charge < -0.3 is 4.79 Å². The minimum absolute atomic E-state index is 0.113. The summed E-state index contributed by atoms with van der Waals surface area (Å²) in [4.78, 5) is 22.1. The zero-order valence-corrected chi connectivity index (χ0v) is 10.5. The lowest BCUT2D eigenvalue weighted by atomic mass is 9.72. The molecule has 1 atom stereocenters. The molecule has 2 nitrogen and oxygen atoms in total. The van der Waals surface area contributed by atoms with Gasteiger partial charge in [0.25, 0.3) is 0 Å². The van der Waals surface area contributed by atoms with Gasteiger partial charge in [0.1, 0.15) is 12.1 Å². The van der Waals surface area contributed by atoms with Crippen molar-refractivity contribution in [2.75, 3.05) is 0 Å². The third kappa shape index (κ3) is 4.41.